The quantitative estimate of drug-likeness (QED) is 0.486. The number of amides is 1. The summed E-state index contributed by atoms with van der Waals surface area (Å²) in [5, 5.41) is 20.2. The summed E-state index contributed by atoms with van der Waals surface area (Å²) in [5.74, 6) is -0.0738. The molecule has 0 unspecified atom stereocenters. The maximum absolute atomic E-state index is 13.4. The number of rotatable bonds is 7. The van der Waals surface area contributed by atoms with E-state index in [1.165, 1.54) is 6.33 Å². The molecule has 1 saturated heterocycles. The molecule has 6 heteroatoms. The number of piperidine rings is 1. The molecule has 1 fully saturated rings. The molecule has 0 saturated carbocycles. The Hall–Kier alpha value is -3.56. The lowest BCUT2D eigenvalue weighted by Gasteiger charge is -2.38. The molecule has 0 spiro atoms. The number of allylic oxidation sites excluding steroid dienone is 3. The van der Waals surface area contributed by atoms with Gasteiger partial charge in [0.2, 0.25) is 0 Å². The number of likely N-dealkylation sites (tertiary alicyclic amines) is 1. The first-order valence-corrected chi connectivity index (χ1v) is 11.5. The number of carbonyl (C=O) groups excluding carboxylic acids is 1. The Morgan fingerprint density at radius 1 is 1.26 bits per heavy atom. The predicted molar refractivity (Wildman–Crippen MR) is 133 cm³/mol. The summed E-state index contributed by atoms with van der Waals surface area (Å²) < 4.78 is 0. The summed E-state index contributed by atoms with van der Waals surface area (Å²) in [6.45, 7) is 10.1. The predicted octanol–water partition coefficient (Wildman–Crippen LogP) is 4.59. The Morgan fingerprint density at radius 3 is 2.47 bits per heavy atom. The van der Waals surface area contributed by atoms with Crippen molar-refractivity contribution in [1.82, 2.24) is 14.9 Å². The Labute approximate surface area is 202 Å². The van der Waals surface area contributed by atoms with E-state index in [1.807, 2.05) is 36.1 Å². The van der Waals surface area contributed by atoms with Crippen LogP contribution in [0.1, 0.15) is 50.4 Å². The van der Waals surface area contributed by atoms with E-state index < -0.39 is 11.0 Å². The molecule has 1 aliphatic rings. The molecular weight excluding hydrogens is 424 g/mol. The maximum Gasteiger partial charge on any atom is 0.254 e. The fraction of sp³-hybridized carbons (Fsp3) is 0.357. The van der Waals surface area contributed by atoms with Crippen LogP contribution in [-0.4, -0.2) is 39.0 Å². The van der Waals surface area contributed by atoms with Crippen LogP contribution in [0.15, 0.2) is 73.2 Å². The van der Waals surface area contributed by atoms with Crippen molar-refractivity contribution in [3.05, 3.63) is 90.1 Å². The fourth-order valence-corrected chi connectivity index (χ4v) is 4.23. The van der Waals surface area contributed by atoms with Gasteiger partial charge in [-0.2, -0.15) is 5.26 Å². The van der Waals surface area contributed by atoms with E-state index in [0.29, 0.717) is 43.6 Å². The molecule has 34 heavy (non-hydrogen) atoms. The number of benzene rings is 1. The highest BCUT2D eigenvalue weighted by Gasteiger charge is 2.37. The van der Waals surface area contributed by atoms with E-state index in [2.05, 4.69) is 22.6 Å². The molecule has 2 aromatic rings. The lowest BCUT2D eigenvalue weighted by atomic mass is 9.74. The van der Waals surface area contributed by atoms with Gasteiger partial charge in [0.1, 0.15) is 6.33 Å². The van der Waals surface area contributed by atoms with E-state index in [-0.39, 0.29) is 5.91 Å². The average Bonchev–Trinajstić information content (AvgIpc) is 2.84. The smallest absolute Gasteiger partial charge is 0.254 e. The Balaban J connectivity index is 1.76. The number of carbonyl (C=O) groups is 1. The first-order chi connectivity index (χ1) is 16.2. The molecular formula is C28H32N4O2. The SMILES string of the molecule is C=C/C=C\C(C(=O)N1CCC(C#N)(Cc2ccc(C(C)(C)O)cc2)CC1)=C(/C)c1ccncn1. The molecule has 2 heterocycles. The minimum Gasteiger partial charge on any atom is -0.386 e. The molecule has 0 atom stereocenters. The van der Waals surface area contributed by atoms with Gasteiger partial charge in [0, 0.05) is 24.9 Å². The van der Waals surface area contributed by atoms with Crippen LogP contribution in [0.5, 0.6) is 0 Å². The highest BCUT2D eigenvalue weighted by atomic mass is 16.3. The number of aromatic nitrogens is 2. The van der Waals surface area contributed by atoms with Crippen molar-refractivity contribution in [2.75, 3.05) is 13.1 Å². The third-order valence-electron chi connectivity index (χ3n) is 6.45. The van der Waals surface area contributed by atoms with Crippen molar-refractivity contribution >= 4 is 11.5 Å². The molecule has 1 aliphatic heterocycles. The maximum atomic E-state index is 13.4. The van der Waals surface area contributed by atoms with Crippen LogP contribution < -0.4 is 0 Å². The number of nitriles is 1. The molecule has 1 N–H and O–H groups in total. The third-order valence-corrected chi connectivity index (χ3v) is 6.45. The first kappa shape index (κ1) is 25.1. The summed E-state index contributed by atoms with van der Waals surface area (Å²) in [6, 6.07) is 12.1. The lowest BCUT2D eigenvalue weighted by Crippen LogP contribution is -2.44. The second-order valence-electron chi connectivity index (χ2n) is 9.35. The Bertz CT molecular complexity index is 1110. The van der Waals surface area contributed by atoms with E-state index in [4.69, 9.17) is 0 Å². The van der Waals surface area contributed by atoms with Crippen LogP contribution in [0.4, 0.5) is 0 Å². The highest BCUT2D eigenvalue weighted by Crippen LogP contribution is 2.36. The van der Waals surface area contributed by atoms with Crippen molar-refractivity contribution in [1.29, 1.82) is 5.26 Å². The molecule has 3 rings (SSSR count). The first-order valence-electron chi connectivity index (χ1n) is 11.5. The van der Waals surface area contributed by atoms with Crippen molar-refractivity contribution in [3.63, 3.8) is 0 Å². The largest absolute Gasteiger partial charge is 0.386 e. The van der Waals surface area contributed by atoms with Gasteiger partial charge in [-0.3, -0.25) is 4.79 Å². The van der Waals surface area contributed by atoms with E-state index in [1.54, 1.807) is 44.3 Å². The summed E-state index contributed by atoms with van der Waals surface area (Å²) in [6.07, 6.45) is 10.1. The van der Waals surface area contributed by atoms with Gasteiger partial charge in [-0.25, -0.2) is 9.97 Å². The van der Waals surface area contributed by atoms with Crippen LogP contribution >= 0.6 is 0 Å². The average molecular weight is 457 g/mol. The number of aliphatic hydroxyl groups is 1. The summed E-state index contributed by atoms with van der Waals surface area (Å²) >= 11 is 0. The molecule has 0 radical (unpaired) electrons. The van der Waals surface area contributed by atoms with Gasteiger partial charge in [0.05, 0.1) is 22.8 Å². The van der Waals surface area contributed by atoms with Crippen molar-refractivity contribution in [3.8, 4) is 6.07 Å². The van der Waals surface area contributed by atoms with Crippen LogP contribution in [-0.2, 0) is 16.8 Å². The lowest BCUT2D eigenvalue weighted by molar-refractivity contribution is -0.128. The second kappa shape index (κ2) is 10.6. The zero-order chi connectivity index (χ0) is 24.8. The molecule has 6 nitrogen and oxygen atoms in total. The van der Waals surface area contributed by atoms with Gasteiger partial charge in [-0.05, 0) is 68.9 Å². The zero-order valence-corrected chi connectivity index (χ0v) is 20.2. The highest BCUT2D eigenvalue weighted by molar-refractivity contribution is 6.03. The zero-order valence-electron chi connectivity index (χ0n) is 20.2. The number of hydrogen-bond acceptors (Lipinski definition) is 5. The minimum atomic E-state index is -0.896. The molecule has 0 aliphatic carbocycles. The van der Waals surface area contributed by atoms with E-state index in [9.17, 15) is 15.2 Å². The van der Waals surface area contributed by atoms with Crippen LogP contribution in [0.3, 0.4) is 0 Å². The number of hydrogen-bond donors (Lipinski definition) is 1. The number of nitrogens with zero attached hydrogens (tertiary/aromatic N) is 4. The van der Waals surface area contributed by atoms with Gasteiger partial charge >= 0.3 is 0 Å². The van der Waals surface area contributed by atoms with Crippen LogP contribution in [0.25, 0.3) is 5.57 Å². The van der Waals surface area contributed by atoms with Gasteiger partial charge in [-0.1, -0.05) is 43.0 Å². The molecule has 0 bridgehead atoms. The van der Waals surface area contributed by atoms with E-state index >= 15 is 0 Å². The second-order valence-corrected chi connectivity index (χ2v) is 9.35. The molecule has 1 aromatic carbocycles. The minimum absolute atomic E-state index is 0.0738. The standard InChI is InChI=1S/C28H32N4O2/c1-5-6-7-24(21(2)25-12-15-30-20-31-25)26(33)32-16-13-28(19-29,14-17-32)18-22-8-10-23(11-9-22)27(3,4)34/h5-12,15,20,34H,1,13-14,16-18H2,2-4H3/b7-6-,24-21-. The van der Waals surface area contributed by atoms with Crippen molar-refractivity contribution < 1.29 is 9.90 Å². The van der Waals surface area contributed by atoms with Crippen molar-refractivity contribution in [2.45, 2.75) is 45.6 Å². The molecule has 1 amide bonds. The van der Waals surface area contributed by atoms with Gasteiger partial charge < -0.3 is 10.0 Å². The van der Waals surface area contributed by atoms with Crippen LogP contribution in [0, 0.1) is 16.7 Å². The molecule has 1 aromatic heterocycles. The van der Waals surface area contributed by atoms with Crippen molar-refractivity contribution in [2.24, 2.45) is 5.41 Å². The monoisotopic (exact) mass is 456 g/mol. The summed E-state index contributed by atoms with van der Waals surface area (Å²) in [7, 11) is 0. The summed E-state index contributed by atoms with van der Waals surface area (Å²) in [5.41, 5.74) is 2.52. The van der Waals surface area contributed by atoms with Gasteiger partial charge in [0.25, 0.3) is 5.91 Å². The third kappa shape index (κ3) is 5.86. The van der Waals surface area contributed by atoms with E-state index in [0.717, 1.165) is 16.7 Å². The normalized spacial score (nSPS) is 16.6. The van der Waals surface area contributed by atoms with Gasteiger partial charge in [-0.15, -0.1) is 0 Å². The van der Waals surface area contributed by atoms with Crippen LogP contribution in [0.2, 0.25) is 0 Å². The Kier molecular flexibility index (Phi) is 7.80. The topological polar surface area (TPSA) is 90.1 Å². The van der Waals surface area contributed by atoms with Gasteiger partial charge in [0.15, 0.2) is 0 Å². The summed E-state index contributed by atoms with van der Waals surface area (Å²) in [4.78, 5) is 23.5. The fourth-order valence-electron chi connectivity index (χ4n) is 4.23. The Morgan fingerprint density at radius 2 is 1.94 bits per heavy atom. The molecule has 176 valence electrons.